The first kappa shape index (κ1) is 27.6. The molecule has 0 spiro atoms. The Labute approximate surface area is 246 Å². The van der Waals surface area contributed by atoms with Crippen LogP contribution in [0.25, 0.3) is 6.08 Å². The number of Topliss-reactive ketones (excluding diaryl/α,β-unsaturated/α-hetero) is 1. The zero-order valence-electron chi connectivity index (χ0n) is 23.0. The summed E-state index contributed by atoms with van der Waals surface area (Å²) in [7, 11) is 0. The van der Waals surface area contributed by atoms with Crippen LogP contribution in [-0.4, -0.2) is 36.4 Å². The molecule has 43 heavy (non-hydrogen) atoms. The van der Waals surface area contributed by atoms with Gasteiger partial charge in [0.2, 0.25) is 0 Å². The molecule has 9 nitrogen and oxygen atoms in total. The summed E-state index contributed by atoms with van der Waals surface area (Å²) >= 11 is 0. The maximum absolute atomic E-state index is 13.3. The second-order valence-electron chi connectivity index (χ2n) is 10.8. The van der Waals surface area contributed by atoms with Gasteiger partial charge in [0.25, 0.3) is 0 Å². The molecule has 0 bridgehead atoms. The van der Waals surface area contributed by atoms with Gasteiger partial charge in [-0.1, -0.05) is 30.4 Å². The maximum Gasteiger partial charge on any atom is 0.174 e. The Kier molecular flexibility index (Phi) is 6.65. The summed E-state index contributed by atoms with van der Waals surface area (Å²) in [6, 6.07) is 14.8. The molecule has 2 heterocycles. The number of benzene rings is 4. The van der Waals surface area contributed by atoms with Crippen LogP contribution < -0.4 is 9.47 Å². The van der Waals surface area contributed by atoms with E-state index < -0.39 is 29.7 Å². The molecule has 4 aromatic carbocycles. The molecule has 6 rings (SSSR count). The molecular weight excluding hydrogens is 552 g/mol. The summed E-state index contributed by atoms with van der Waals surface area (Å²) in [5, 5.41) is 62.6. The number of ether oxygens (including phenoxy) is 2. The number of carbonyl (C=O) groups is 1. The first-order valence-corrected chi connectivity index (χ1v) is 13.5. The van der Waals surface area contributed by atoms with Gasteiger partial charge in [0.1, 0.15) is 63.8 Å². The van der Waals surface area contributed by atoms with Gasteiger partial charge in [0.05, 0.1) is 17.9 Å². The highest BCUT2D eigenvalue weighted by molar-refractivity contribution is 6.04. The van der Waals surface area contributed by atoms with E-state index in [4.69, 9.17) is 9.47 Å². The Morgan fingerprint density at radius 2 is 1.49 bits per heavy atom. The van der Waals surface area contributed by atoms with Crippen molar-refractivity contribution in [3.8, 4) is 46.0 Å². The monoisotopic (exact) mass is 580 g/mol. The van der Waals surface area contributed by atoms with Crippen LogP contribution in [0.5, 0.6) is 46.0 Å². The van der Waals surface area contributed by atoms with Crippen LogP contribution in [0.1, 0.15) is 69.6 Å². The van der Waals surface area contributed by atoms with Gasteiger partial charge in [0, 0.05) is 29.3 Å². The van der Waals surface area contributed by atoms with Gasteiger partial charge in [-0.05, 0) is 54.5 Å². The van der Waals surface area contributed by atoms with Crippen molar-refractivity contribution in [2.75, 3.05) is 0 Å². The number of ketones is 1. The van der Waals surface area contributed by atoms with Crippen molar-refractivity contribution >= 4 is 11.9 Å². The Morgan fingerprint density at radius 1 is 0.791 bits per heavy atom. The molecule has 0 unspecified atom stereocenters. The number of fused-ring (bicyclic) bond motifs is 2. The highest BCUT2D eigenvalue weighted by Gasteiger charge is 2.40. The standard InChI is InChI=1S/C34H28O9/c1-16(2)3-8-22-25(38)13-27(40)32-28(41)15-29(43-34(22)32)23-12-24-30(14-26(23)39)42-33(17-4-6-19(35)7-5-17)31(24)18-9-20(36)11-21(37)10-18/h3-14,29,31,33,35-40H,1,15H2,2H3/t29-,31+,33-/m0/s1. The summed E-state index contributed by atoms with van der Waals surface area (Å²) in [6.07, 6.45) is 1.31. The van der Waals surface area contributed by atoms with E-state index in [9.17, 15) is 35.4 Å². The summed E-state index contributed by atoms with van der Waals surface area (Å²) in [6.45, 7) is 5.57. The molecule has 218 valence electrons. The van der Waals surface area contributed by atoms with E-state index in [0.29, 0.717) is 28.0 Å². The second kappa shape index (κ2) is 10.4. The van der Waals surface area contributed by atoms with Gasteiger partial charge in [-0.3, -0.25) is 4.79 Å². The van der Waals surface area contributed by atoms with Gasteiger partial charge < -0.3 is 40.1 Å². The number of allylic oxidation sites excluding steroid dienone is 2. The van der Waals surface area contributed by atoms with E-state index in [-0.39, 0.29) is 57.6 Å². The van der Waals surface area contributed by atoms with Crippen molar-refractivity contribution < 1.29 is 44.9 Å². The van der Waals surface area contributed by atoms with E-state index in [1.807, 2.05) is 0 Å². The molecule has 9 heteroatoms. The van der Waals surface area contributed by atoms with Crippen LogP contribution in [0.2, 0.25) is 0 Å². The van der Waals surface area contributed by atoms with Crippen molar-refractivity contribution in [3.05, 3.63) is 112 Å². The lowest BCUT2D eigenvalue weighted by Crippen LogP contribution is -2.21. The fourth-order valence-corrected chi connectivity index (χ4v) is 5.70. The number of rotatable bonds is 5. The molecule has 0 amide bonds. The van der Waals surface area contributed by atoms with Gasteiger partial charge >= 0.3 is 0 Å². The highest BCUT2D eigenvalue weighted by atomic mass is 16.5. The van der Waals surface area contributed by atoms with Gasteiger partial charge in [0.15, 0.2) is 5.78 Å². The molecule has 3 atom stereocenters. The average Bonchev–Trinajstić information content (AvgIpc) is 3.29. The summed E-state index contributed by atoms with van der Waals surface area (Å²) in [5.41, 5.74) is 2.88. The van der Waals surface area contributed by atoms with Crippen molar-refractivity contribution in [2.24, 2.45) is 0 Å². The molecule has 6 N–H and O–H groups in total. The van der Waals surface area contributed by atoms with Crippen molar-refractivity contribution in [3.63, 3.8) is 0 Å². The largest absolute Gasteiger partial charge is 0.508 e. The van der Waals surface area contributed by atoms with Crippen LogP contribution in [0.3, 0.4) is 0 Å². The number of phenols is 6. The third-order valence-electron chi connectivity index (χ3n) is 7.62. The Morgan fingerprint density at radius 3 is 2.16 bits per heavy atom. The number of hydrogen-bond acceptors (Lipinski definition) is 9. The van der Waals surface area contributed by atoms with Crippen molar-refractivity contribution in [1.82, 2.24) is 0 Å². The SMILES string of the molecule is C=C(C)C=Cc1c(O)cc(O)c2c1O[C@H](c1cc3c(cc1O)O[C@@H](c1ccc(O)cc1)[C@@H]3c1cc(O)cc(O)c1)CC2=O. The lowest BCUT2D eigenvalue weighted by Gasteiger charge is -2.28. The van der Waals surface area contributed by atoms with Crippen molar-refractivity contribution in [1.29, 1.82) is 0 Å². The average molecular weight is 581 g/mol. The second-order valence-corrected chi connectivity index (χ2v) is 10.8. The summed E-state index contributed by atoms with van der Waals surface area (Å²) < 4.78 is 12.5. The fourth-order valence-electron chi connectivity index (χ4n) is 5.70. The van der Waals surface area contributed by atoms with Gasteiger partial charge in [-0.15, -0.1) is 0 Å². The Hall–Kier alpha value is -5.57. The lowest BCUT2D eigenvalue weighted by molar-refractivity contribution is 0.0841. The lowest BCUT2D eigenvalue weighted by atomic mass is 9.83. The molecule has 0 aromatic heterocycles. The van der Waals surface area contributed by atoms with Gasteiger partial charge in [-0.2, -0.15) is 0 Å². The molecule has 0 saturated heterocycles. The summed E-state index contributed by atoms with van der Waals surface area (Å²) in [4.78, 5) is 13.3. The number of carbonyl (C=O) groups excluding carboxylic acids is 1. The number of phenolic OH excluding ortho intramolecular Hbond substituents is 6. The molecule has 2 aliphatic rings. The molecular formula is C34H28O9. The van der Waals surface area contributed by atoms with E-state index in [1.165, 1.54) is 42.5 Å². The van der Waals surface area contributed by atoms with Gasteiger partial charge in [-0.25, -0.2) is 0 Å². The molecule has 4 aromatic rings. The number of aromatic hydroxyl groups is 6. The zero-order chi connectivity index (χ0) is 30.6. The van der Waals surface area contributed by atoms with E-state index in [2.05, 4.69) is 6.58 Å². The predicted molar refractivity (Wildman–Crippen MR) is 157 cm³/mol. The molecule has 0 saturated carbocycles. The Balaban J connectivity index is 1.47. The quantitative estimate of drug-likeness (QED) is 0.145. The maximum atomic E-state index is 13.3. The Bertz CT molecular complexity index is 1800. The number of hydrogen-bond donors (Lipinski definition) is 6. The van der Waals surface area contributed by atoms with Crippen LogP contribution in [0.15, 0.2) is 78.9 Å². The minimum Gasteiger partial charge on any atom is -0.508 e. The highest BCUT2D eigenvalue weighted by Crippen LogP contribution is 2.54. The molecule has 2 aliphatic heterocycles. The molecule has 0 aliphatic carbocycles. The zero-order valence-corrected chi connectivity index (χ0v) is 23.0. The van der Waals surface area contributed by atoms with E-state index >= 15 is 0 Å². The predicted octanol–water partition coefficient (Wildman–Crippen LogP) is 6.48. The normalized spacial score (nSPS) is 19.0. The third kappa shape index (κ3) is 4.95. The smallest absolute Gasteiger partial charge is 0.174 e. The van der Waals surface area contributed by atoms with Crippen LogP contribution in [0.4, 0.5) is 0 Å². The van der Waals surface area contributed by atoms with Crippen LogP contribution in [-0.2, 0) is 0 Å². The first-order chi connectivity index (χ1) is 20.5. The third-order valence-corrected chi connectivity index (χ3v) is 7.62. The van der Waals surface area contributed by atoms with E-state index in [0.717, 1.165) is 6.07 Å². The topological polar surface area (TPSA) is 157 Å². The van der Waals surface area contributed by atoms with Crippen LogP contribution >= 0.6 is 0 Å². The molecule has 0 fully saturated rings. The van der Waals surface area contributed by atoms with E-state index in [1.54, 1.807) is 31.2 Å². The minimum absolute atomic E-state index is 0.0242. The fraction of sp³-hybridized carbons (Fsp3) is 0.147. The molecule has 0 radical (unpaired) electrons. The minimum atomic E-state index is -0.991. The van der Waals surface area contributed by atoms with Crippen molar-refractivity contribution in [2.45, 2.75) is 31.5 Å². The summed E-state index contributed by atoms with van der Waals surface area (Å²) in [5.74, 6) is -1.86. The first-order valence-electron chi connectivity index (χ1n) is 13.5. The van der Waals surface area contributed by atoms with Crippen LogP contribution in [0, 0.1) is 0 Å².